The third-order valence-electron chi connectivity index (χ3n) is 3.03. The summed E-state index contributed by atoms with van der Waals surface area (Å²) < 4.78 is 40.2. The quantitative estimate of drug-likeness (QED) is 0.907. The van der Waals surface area contributed by atoms with Crippen LogP contribution in [0.2, 0.25) is 0 Å². The van der Waals surface area contributed by atoms with Crippen molar-refractivity contribution in [3.05, 3.63) is 59.4 Å². The highest BCUT2D eigenvalue weighted by Gasteiger charge is 2.18. The summed E-state index contributed by atoms with van der Waals surface area (Å²) in [4.78, 5) is 11.8. The van der Waals surface area contributed by atoms with E-state index >= 15 is 0 Å². The molecule has 2 aromatic rings. The minimum Gasteiger partial charge on any atom is -0.355 e. The van der Waals surface area contributed by atoms with Crippen molar-refractivity contribution in [1.29, 1.82) is 0 Å². The molecule has 22 heavy (non-hydrogen) atoms. The standard InChI is InChI=1S/C15H15FN2O3S/c1-10-3-6-12(7-4-10)22(20,21)18-14-8-5-11(16)9-13(14)15(19)17-2/h3-9,18H,1-2H3,(H,17,19). The number of aryl methyl sites for hydroxylation is 1. The number of benzene rings is 2. The minimum atomic E-state index is -3.86. The number of carbonyl (C=O) groups is 1. The molecule has 0 aliphatic heterocycles. The fourth-order valence-corrected chi connectivity index (χ4v) is 2.93. The fourth-order valence-electron chi connectivity index (χ4n) is 1.85. The third-order valence-corrected chi connectivity index (χ3v) is 4.41. The molecule has 1 amide bonds. The van der Waals surface area contributed by atoms with Gasteiger partial charge in [-0.15, -0.1) is 0 Å². The predicted octanol–water partition coefficient (Wildman–Crippen LogP) is 2.29. The molecule has 0 radical (unpaired) electrons. The Morgan fingerprint density at radius 1 is 1.09 bits per heavy atom. The van der Waals surface area contributed by atoms with Gasteiger partial charge in [-0.2, -0.15) is 0 Å². The van der Waals surface area contributed by atoms with Crippen molar-refractivity contribution in [2.75, 3.05) is 11.8 Å². The average Bonchev–Trinajstić information content (AvgIpc) is 2.48. The molecule has 7 heteroatoms. The second-order valence-corrected chi connectivity index (χ2v) is 6.37. The van der Waals surface area contributed by atoms with Crippen LogP contribution in [0.25, 0.3) is 0 Å². The molecule has 0 aromatic heterocycles. The van der Waals surface area contributed by atoms with Crippen molar-refractivity contribution in [3.8, 4) is 0 Å². The van der Waals surface area contributed by atoms with E-state index in [-0.39, 0.29) is 16.1 Å². The summed E-state index contributed by atoms with van der Waals surface area (Å²) in [5, 5.41) is 2.34. The molecule has 2 aromatic carbocycles. The highest BCUT2D eigenvalue weighted by molar-refractivity contribution is 7.92. The largest absolute Gasteiger partial charge is 0.355 e. The molecule has 5 nitrogen and oxygen atoms in total. The number of sulfonamides is 1. The first kappa shape index (κ1) is 16.0. The number of nitrogens with one attached hydrogen (secondary N) is 2. The normalized spacial score (nSPS) is 11.0. The first-order chi connectivity index (χ1) is 10.3. The van der Waals surface area contributed by atoms with E-state index in [4.69, 9.17) is 0 Å². The van der Waals surface area contributed by atoms with Gasteiger partial charge in [-0.05, 0) is 37.3 Å². The highest BCUT2D eigenvalue weighted by Crippen LogP contribution is 2.21. The summed E-state index contributed by atoms with van der Waals surface area (Å²) in [6, 6.07) is 9.52. The van der Waals surface area contributed by atoms with Crippen molar-refractivity contribution in [2.24, 2.45) is 0 Å². The average molecular weight is 322 g/mol. The molecule has 2 N–H and O–H groups in total. The van der Waals surface area contributed by atoms with Gasteiger partial charge < -0.3 is 5.32 Å². The Kier molecular flexibility index (Phi) is 4.46. The Bertz CT molecular complexity index is 802. The van der Waals surface area contributed by atoms with Gasteiger partial charge in [-0.25, -0.2) is 12.8 Å². The van der Waals surface area contributed by atoms with E-state index < -0.39 is 21.7 Å². The van der Waals surface area contributed by atoms with Crippen molar-refractivity contribution in [2.45, 2.75) is 11.8 Å². The Labute approximate surface area is 128 Å². The Morgan fingerprint density at radius 3 is 2.32 bits per heavy atom. The molecule has 0 unspecified atom stereocenters. The zero-order valence-corrected chi connectivity index (χ0v) is 12.9. The zero-order chi connectivity index (χ0) is 16.3. The van der Waals surface area contributed by atoms with E-state index in [0.29, 0.717) is 0 Å². The molecule has 0 spiro atoms. The molecule has 0 saturated carbocycles. The van der Waals surface area contributed by atoms with Gasteiger partial charge >= 0.3 is 0 Å². The van der Waals surface area contributed by atoms with Crippen LogP contribution in [0.5, 0.6) is 0 Å². The molecule has 0 aliphatic rings. The second-order valence-electron chi connectivity index (χ2n) is 4.69. The molecular weight excluding hydrogens is 307 g/mol. The lowest BCUT2D eigenvalue weighted by Crippen LogP contribution is -2.22. The second kappa shape index (κ2) is 6.15. The van der Waals surface area contributed by atoms with Crippen LogP contribution >= 0.6 is 0 Å². The maximum absolute atomic E-state index is 13.3. The summed E-state index contributed by atoms with van der Waals surface area (Å²) >= 11 is 0. The van der Waals surface area contributed by atoms with Gasteiger partial charge in [0.1, 0.15) is 5.82 Å². The lowest BCUT2D eigenvalue weighted by molar-refractivity contribution is 0.0963. The van der Waals surface area contributed by atoms with Crippen LogP contribution in [0, 0.1) is 12.7 Å². The number of amides is 1. The summed E-state index contributed by atoms with van der Waals surface area (Å²) in [5.74, 6) is -1.21. The zero-order valence-electron chi connectivity index (χ0n) is 12.1. The van der Waals surface area contributed by atoms with Crippen molar-refractivity contribution < 1.29 is 17.6 Å². The number of rotatable bonds is 4. The lowest BCUT2D eigenvalue weighted by atomic mass is 10.1. The SMILES string of the molecule is CNC(=O)c1cc(F)ccc1NS(=O)(=O)c1ccc(C)cc1. The number of hydrogen-bond donors (Lipinski definition) is 2. The number of carbonyl (C=O) groups excluding carboxylic acids is 1. The van der Waals surface area contributed by atoms with Crippen molar-refractivity contribution in [3.63, 3.8) is 0 Å². The molecule has 0 atom stereocenters. The smallest absolute Gasteiger partial charge is 0.261 e. The molecule has 0 saturated heterocycles. The van der Waals surface area contributed by atoms with Gasteiger partial charge in [-0.1, -0.05) is 17.7 Å². The van der Waals surface area contributed by atoms with E-state index in [2.05, 4.69) is 10.0 Å². The first-order valence-electron chi connectivity index (χ1n) is 6.44. The van der Waals surface area contributed by atoms with Crippen LogP contribution in [0.1, 0.15) is 15.9 Å². The third kappa shape index (κ3) is 3.43. The van der Waals surface area contributed by atoms with Gasteiger partial charge in [0.15, 0.2) is 0 Å². The number of hydrogen-bond acceptors (Lipinski definition) is 3. The van der Waals surface area contributed by atoms with Gasteiger partial charge in [0.2, 0.25) is 0 Å². The van der Waals surface area contributed by atoms with Crippen molar-refractivity contribution >= 4 is 21.6 Å². The summed E-state index contributed by atoms with van der Waals surface area (Å²) in [7, 11) is -2.48. The van der Waals surface area contributed by atoms with Gasteiger partial charge in [-0.3, -0.25) is 9.52 Å². The van der Waals surface area contributed by atoms with E-state index in [9.17, 15) is 17.6 Å². The van der Waals surface area contributed by atoms with Crippen LogP contribution in [-0.2, 0) is 10.0 Å². The van der Waals surface area contributed by atoms with E-state index in [1.807, 2.05) is 6.92 Å². The first-order valence-corrected chi connectivity index (χ1v) is 7.93. The van der Waals surface area contributed by atoms with E-state index in [0.717, 1.165) is 17.7 Å². The minimum absolute atomic E-state index is 0.0151. The van der Waals surface area contributed by atoms with Gasteiger partial charge in [0.05, 0.1) is 16.1 Å². The van der Waals surface area contributed by atoms with E-state index in [1.54, 1.807) is 12.1 Å². The van der Waals surface area contributed by atoms with Crippen LogP contribution in [0.3, 0.4) is 0 Å². The number of anilines is 1. The molecule has 116 valence electrons. The van der Waals surface area contributed by atoms with Crippen LogP contribution < -0.4 is 10.0 Å². The maximum Gasteiger partial charge on any atom is 0.261 e. The van der Waals surface area contributed by atoms with Gasteiger partial charge in [0, 0.05) is 7.05 Å². The Hall–Kier alpha value is -2.41. The molecular formula is C15H15FN2O3S. The predicted molar refractivity (Wildman–Crippen MR) is 81.8 cm³/mol. The molecule has 2 rings (SSSR count). The molecule has 0 fully saturated rings. The van der Waals surface area contributed by atoms with Crippen molar-refractivity contribution in [1.82, 2.24) is 5.32 Å². The molecule has 0 heterocycles. The Balaban J connectivity index is 2.41. The van der Waals surface area contributed by atoms with Gasteiger partial charge in [0.25, 0.3) is 15.9 Å². The monoisotopic (exact) mass is 322 g/mol. The molecule has 0 aliphatic carbocycles. The highest BCUT2D eigenvalue weighted by atomic mass is 32.2. The maximum atomic E-state index is 13.3. The van der Waals surface area contributed by atoms with Crippen LogP contribution in [0.4, 0.5) is 10.1 Å². The molecule has 0 bridgehead atoms. The number of halogens is 1. The van der Waals surface area contributed by atoms with Crippen LogP contribution in [0.15, 0.2) is 47.4 Å². The lowest BCUT2D eigenvalue weighted by Gasteiger charge is -2.12. The fraction of sp³-hybridized carbons (Fsp3) is 0.133. The van der Waals surface area contributed by atoms with E-state index in [1.165, 1.54) is 25.2 Å². The topological polar surface area (TPSA) is 75.3 Å². The summed E-state index contributed by atoms with van der Waals surface area (Å²) in [5.41, 5.74) is 0.853. The van der Waals surface area contributed by atoms with Crippen LogP contribution in [-0.4, -0.2) is 21.4 Å². The summed E-state index contributed by atoms with van der Waals surface area (Å²) in [6.45, 7) is 1.84. The Morgan fingerprint density at radius 2 is 1.73 bits per heavy atom. The summed E-state index contributed by atoms with van der Waals surface area (Å²) in [6.07, 6.45) is 0.